The summed E-state index contributed by atoms with van der Waals surface area (Å²) in [6.45, 7) is 6.95. The van der Waals surface area contributed by atoms with Crippen LogP contribution in [0.1, 0.15) is 26.3 Å². The monoisotopic (exact) mass is 305 g/mol. The molecule has 1 aromatic rings. The van der Waals surface area contributed by atoms with Crippen LogP contribution in [-0.2, 0) is 10.0 Å². The summed E-state index contributed by atoms with van der Waals surface area (Å²) in [5, 5.41) is 0. The molecule has 0 saturated carbocycles. The van der Waals surface area contributed by atoms with Crippen molar-refractivity contribution in [3.8, 4) is 0 Å². The lowest BCUT2D eigenvalue weighted by atomic mass is 10.2. The van der Waals surface area contributed by atoms with Gasteiger partial charge in [0.2, 0.25) is 10.0 Å². The predicted octanol–water partition coefficient (Wildman–Crippen LogP) is 3.30. The highest BCUT2D eigenvalue weighted by Gasteiger charge is 2.28. The summed E-state index contributed by atoms with van der Waals surface area (Å²) in [7, 11) is -3.35. The first-order valence-corrected chi connectivity index (χ1v) is 7.19. The fourth-order valence-electron chi connectivity index (χ4n) is 0.965. The van der Waals surface area contributed by atoms with Crippen molar-refractivity contribution in [3.63, 3.8) is 0 Å². The quantitative estimate of drug-likeness (QED) is 0.911. The molecule has 0 heterocycles. The van der Waals surface area contributed by atoms with E-state index in [-0.39, 0.29) is 0 Å². The Morgan fingerprint density at radius 1 is 1.25 bits per heavy atom. The Bertz CT molecular complexity index is 489. The number of sulfonamides is 1. The maximum atomic E-state index is 11.9. The zero-order valence-corrected chi connectivity index (χ0v) is 12.2. The summed E-state index contributed by atoms with van der Waals surface area (Å²) >= 11 is 3.37. The third-order valence-corrected chi connectivity index (χ3v) is 5.20. The SMILES string of the molecule is Cc1ccc(NS(=O)(=O)C(C)(C)C)cc1Br. The number of benzene rings is 1. The van der Waals surface area contributed by atoms with Gasteiger partial charge in [0.25, 0.3) is 0 Å². The van der Waals surface area contributed by atoms with Crippen molar-refractivity contribution in [2.24, 2.45) is 0 Å². The lowest BCUT2D eigenvalue weighted by Crippen LogP contribution is -2.33. The molecule has 0 saturated heterocycles. The Balaban J connectivity index is 3.03. The Morgan fingerprint density at radius 2 is 1.81 bits per heavy atom. The molecule has 0 unspecified atom stereocenters. The normalized spacial score (nSPS) is 12.6. The highest BCUT2D eigenvalue weighted by atomic mass is 79.9. The van der Waals surface area contributed by atoms with Crippen molar-refractivity contribution in [1.29, 1.82) is 0 Å². The Morgan fingerprint density at radius 3 is 2.25 bits per heavy atom. The molecule has 0 aliphatic rings. The van der Waals surface area contributed by atoms with Crippen molar-refractivity contribution >= 4 is 31.6 Å². The van der Waals surface area contributed by atoms with E-state index in [0.717, 1.165) is 10.0 Å². The summed E-state index contributed by atoms with van der Waals surface area (Å²) < 4.78 is 26.4. The van der Waals surface area contributed by atoms with Gasteiger partial charge in [0, 0.05) is 10.2 Å². The van der Waals surface area contributed by atoms with Crippen molar-refractivity contribution in [2.45, 2.75) is 32.4 Å². The van der Waals surface area contributed by atoms with E-state index < -0.39 is 14.8 Å². The second-order valence-corrected chi connectivity index (χ2v) is 7.97. The minimum atomic E-state index is -3.35. The maximum Gasteiger partial charge on any atom is 0.237 e. The predicted molar refractivity (Wildman–Crippen MR) is 71.2 cm³/mol. The Hall–Kier alpha value is -0.550. The van der Waals surface area contributed by atoms with Crippen LogP contribution in [-0.4, -0.2) is 13.2 Å². The molecule has 0 spiro atoms. The molecule has 0 bridgehead atoms. The van der Waals surface area contributed by atoms with Crippen LogP contribution in [0.5, 0.6) is 0 Å². The number of hydrogen-bond acceptors (Lipinski definition) is 2. The molecule has 0 amide bonds. The average Bonchev–Trinajstić information content (AvgIpc) is 2.09. The molecular formula is C11H16BrNO2S. The van der Waals surface area contributed by atoms with Crippen LogP contribution in [0.25, 0.3) is 0 Å². The number of halogens is 1. The molecule has 0 radical (unpaired) electrons. The van der Waals surface area contributed by atoms with Gasteiger partial charge in [-0.15, -0.1) is 0 Å². The molecule has 0 fully saturated rings. The van der Waals surface area contributed by atoms with Crippen molar-refractivity contribution in [1.82, 2.24) is 0 Å². The summed E-state index contributed by atoms with van der Waals surface area (Å²) in [5.74, 6) is 0. The molecule has 5 heteroatoms. The molecule has 16 heavy (non-hydrogen) atoms. The second-order valence-electron chi connectivity index (χ2n) is 4.68. The first-order chi connectivity index (χ1) is 7.13. The van der Waals surface area contributed by atoms with E-state index in [1.54, 1.807) is 32.9 Å². The maximum absolute atomic E-state index is 11.9. The van der Waals surface area contributed by atoms with Gasteiger partial charge < -0.3 is 0 Å². The molecule has 1 rings (SSSR count). The van der Waals surface area contributed by atoms with Gasteiger partial charge in [0.1, 0.15) is 0 Å². The van der Waals surface area contributed by atoms with Crippen LogP contribution in [0.3, 0.4) is 0 Å². The Labute approximate surface area is 105 Å². The fourth-order valence-corrected chi connectivity index (χ4v) is 2.09. The summed E-state index contributed by atoms with van der Waals surface area (Å²) in [4.78, 5) is 0. The van der Waals surface area contributed by atoms with Gasteiger partial charge in [0.05, 0.1) is 4.75 Å². The standard InChI is InChI=1S/C11H16BrNO2S/c1-8-5-6-9(7-10(8)12)13-16(14,15)11(2,3)4/h5-7,13H,1-4H3. The summed E-state index contributed by atoms with van der Waals surface area (Å²) in [6, 6.07) is 5.38. The fraction of sp³-hybridized carbons (Fsp3) is 0.455. The second kappa shape index (κ2) is 4.37. The van der Waals surface area contributed by atoms with E-state index in [0.29, 0.717) is 5.69 Å². The zero-order chi connectivity index (χ0) is 12.6. The first kappa shape index (κ1) is 13.5. The van der Waals surface area contributed by atoms with Crippen molar-refractivity contribution in [2.75, 3.05) is 4.72 Å². The van der Waals surface area contributed by atoms with Gasteiger partial charge in [-0.05, 0) is 45.4 Å². The van der Waals surface area contributed by atoms with Gasteiger partial charge >= 0.3 is 0 Å². The van der Waals surface area contributed by atoms with Gasteiger partial charge in [-0.3, -0.25) is 4.72 Å². The molecule has 0 aromatic heterocycles. The highest BCUT2D eigenvalue weighted by Crippen LogP contribution is 2.24. The van der Waals surface area contributed by atoms with Gasteiger partial charge in [-0.25, -0.2) is 8.42 Å². The highest BCUT2D eigenvalue weighted by molar-refractivity contribution is 9.10. The number of nitrogens with one attached hydrogen (secondary N) is 1. The van der Waals surface area contributed by atoms with E-state index in [4.69, 9.17) is 0 Å². The minimum Gasteiger partial charge on any atom is -0.283 e. The largest absolute Gasteiger partial charge is 0.283 e. The van der Waals surface area contributed by atoms with E-state index in [2.05, 4.69) is 20.7 Å². The zero-order valence-electron chi connectivity index (χ0n) is 9.83. The molecule has 1 aromatic carbocycles. The number of rotatable bonds is 2. The lowest BCUT2D eigenvalue weighted by molar-refractivity contribution is 0.566. The third-order valence-electron chi connectivity index (χ3n) is 2.23. The van der Waals surface area contributed by atoms with Crippen LogP contribution in [0.15, 0.2) is 22.7 Å². The van der Waals surface area contributed by atoms with Gasteiger partial charge in [0.15, 0.2) is 0 Å². The molecule has 1 N–H and O–H groups in total. The smallest absolute Gasteiger partial charge is 0.237 e. The molecule has 0 aliphatic heterocycles. The number of anilines is 1. The van der Waals surface area contributed by atoms with Crippen LogP contribution >= 0.6 is 15.9 Å². The topological polar surface area (TPSA) is 46.2 Å². The van der Waals surface area contributed by atoms with Crippen molar-refractivity contribution in [3.05, 3.63) is 28.2 Å². The number of aryl methyl sites for hydroxylation is 1. The molecule has 0 aliphatic carbocycles. The van der Waals surface area contributed by atoms with Crippen molar-refractivity contribution < 1.29 is 8.42 Å². The van der Waals surface area contributed by atoms with E-state index in [1.165, 1.54) is 0 Å². The number of hydrogen-bond donors (Lipinski definition) is 1. The first-order valence-electron chi connectivity index (χ1n) is 4.92. The molecule has 3 nitrogen and oxygen atoms in total. The van der Waals surface area contributed by atoms with Crippen LogP contribution in [0, 0.1) is 6.92 Å². The molecular weight excluding hydrogens is 290 g/mol. The molecule has 90 valence electrons. The Kier molecular flexibility index (Phi) is 3.69. The summed E-state index contributed by atoms with van der Waals surface area (Å²) in [6.07, 6.45) is 0. The minimum absolute atomic E-state index is 0.576. The van der Waals surface area contributed by atoms with Crippen LogP contribution < -0.4 is 4.72 Å². The molecule has 0 atom stereocenters. The average molecular weight is 306 g/mol. The van der Waals surface area contributed by atoms with Crippen LogP contribution in [0.2, 0.25) is 0 Å². The van der Waals surface area contributed by atoms with E-state index in [1.807, 2.05) is 13.0 Å². The van der Waals surface area contributed by atoms with Gasteiger partial charge in [-0.2, -0.15) is 0 Å². The van der Waals surface area contributed by atoms with Gasteiger partial charge in [-0.1, -0.05) is 22.0 Å². The van der Waals surface area contributed by atoms with E-state index >= 15 is 0 Å². The third kappa shape index (κ3) is 2.98. The summed E-state index contributed by atoms with van der Waals surface area (Å²) in [5.41, 5.74) is 1.64. The van der Waals surface area contributed by atoms with Crippen LogP contribution in [0.4, 0.5) is 5.69 Å². The van der Waals surface area contributed by atoms with E-state index in [9.17, 15) is 8.42 Å². The lowest BCUT2D eigenvalue weighted by Gasteiger charge is -2.20.